The molecule has 1 unspecified atom stereocenters. The first kappa shape index (κ1) is 33.7. The first-order valence-electron chi connectivity index (χ1n) is 14.2. The van der Waals surface area contributed by atoms with Crippen LogP contribution in [0.5, 0.6) is 5.75 Å². The van der Waals surface area contributed by atoms with Crippen LogP contribution in [0, 0.1) is 0 Å². The number of rotatable bonds is 19. The SMILES string of the molecule is CCC(N)(C[O-])CCc1ccc(OCCCc2ccc(Cl)c(Cl)c2)c(CCCCCCCCCC(F)(F)F)c1. The third-order valence-corrected chi connectivity index (χ3v) is 8.02. The number of benzene rings is 2. The Morgan fingerprint density at radius 2 is 1.41 bits per heavy atom. The summed E-state index contributed by atoms with van der Waals surface area (Å²) in [5, 5.41) is 12.6. The van der Waals surface area contributed by atoms with Crippen molar-refractivity contribution in [3.63, 3.8) is 0 Å². The van der Waals surface area contributed by atoms with Gasteiger partial charge in [0.15, 0.2) is 0 Å². The molecule has 0 heterocycles. The van der Waals surface area contributed by atoms with Crippen molar-refractivity contribution in [3.8, 4) is 5.75 Å². The maximum Gasteiger partial charge on any atom is 0.389 e. The number of alkyl halides is 3. The summed E-state index contributed by atoms with van der Waals surface area (Å²) in [7, 11) is 0. The molecule has 0 aromatic heterocycles. The zero-order chi connectivity index (χ0) is 28.7. The van der Waals surface area contributed by atoms with Gasteiger partial charge in [-0.2, -0.15) is 13.2 Å². The molecule has 0 saturated carbocycles. The summed E-state index contributed by atoms with van der Waals surface area (Å²) in [6, 6.07) is 11.9. The van der Waals surface area contributed by atoms with Crippen molar-refractivity contribution in [2.45, 2.75) is 109 Å². The van der Waals surface area contributed by atoms with Crippen LogP contribution in [0.3, 0.4) is 0 Å². The van der Waals surface area contributed by atoms with Crippen molar-refractivity contribution < 1.29 is 23.0 Å². The average molecular weight is 590 g/mol. The molecule has 0 aliphatic heterocycles. The fourth-order valence-corrected chi connectivity index (χ4v) is 4.87. The van der Waals surface area contributed by atoms with Crippen molar-refractivity contribution in [2.24, 2.45) is 5.73 Å². The Bertz CT molecular complexity index is 981. The summed E-state index contributed by atoms with van der Waals surface area (Å²) in [6.07, 6.45) is 5.53. The predicted octanol–water partition coefficient (Wildman–Crippen LogP) is 8.63. The Morgan fingerprint density at radius 3 is 2.05 bits per heavy atom. The highest BCUT2D eigenvalue weighted by atomic mass is 35.5. The topological polar surface area (TPSA) is 58.3 Å². The zero-order valence-corrected chi connectivity index (χ0v) is 24.6. The third kappa shape index (κ3) is 13.6. The number of hydrogen-bond acceptors (Lipinski definition) is 3. The molecule has 0 fully saturated rings. The Labute approximate surface area is 242 Å². The molecule has 1 atom stereocenters. The Kier molecular flexibility index (Phi) is 15.0. The van der Waals surface area contributed by atoms with Crippen molar-refractivity contribution in [1.29, 1.82) is 0 Å². The van der Waals surface area contributed by atoms with Gasteiger partial charge < -0.3 is 15.6 Å². The molecule has 0 amide bonds. The van der Waals surface area contributed by atoms with Crippen LogP contribution in [-0.4, -0.2) is 24.9 Å². The van der Waals surface area contributed by atoms with E-state index < -0.39 is 18.1 Å². The maximum atomic E-state index is 12.3. The minimum Gasteiger partial charge on any atom is -0.853 e. The van der Waals surface area contributed by atoms with Crippen LogP contribution in [0.4, 0.5) is 13.2 Å². The minimum absolute atomic E-state index is 0.219. The van der Waals surface area contributed by atoms with Crippen LogP contribution >= 0.6 is 23.2 Å². The van der Waals surface area contributed by atoms with E-state index in [0.29, 0.717) is 35.9 Å². The van der Waals surface area contributed by atoms with Gasteiger partial charge in [0.25, 0.3) is 0 Å². The molecule has 0 bridgehead atoms. The Balaban J connectivity index is 1.87. The Hall–Kier alpha value is -1.47. The monoisotopic (exact) mass is 588 g/mol. The highest BCUT2D eigenvalue weighted by Crippen LogP contribution is 2.27. The van der Waals surface area contributed by atoms with E-state index in [1.54, 1.807) is 6.07 Å². The van der Waals surface area contributed by atoms with Gasteiger partial charge in [-0.3, -0.25) is 0 Å². The van der Waals surface area contributed by atoms with Gasteiger partial charge in [-0.15, -0.1) is 6.61 Å². The highest BCUT2D eigenvalue weighted by Gasteiger charge is 2.25. The fraction of sp³-hybridized carbons (Fsp3) is 0.613. The standard InChI is InChI=1S/C31H43Cl2F3NO2/c1-2-30(37,23-38)19-17-25-14-16-29(39-20-10-11-24-13-15-27(32)28(33)22-24)26(21-25)12-8-6-4-3-5-7-9-18-31(34,35)36/h13-16,21-22H,2-12,17-20,23,37H2,1H3/q-1. The zero-order valence-electron chi connectivity index (χ0n) is 23.1. The lowest BCUT2D eigenvalue weighted by atomic mass is 9.90. The van der Waals surface area contributed by atoms with Gasteiger partial charge in [-0.05, 0) is 86.3 Å². The number of hydrogen-bond donors (Lipinski definition) is 1. The predicted molar refractivity (Wildman–Crippen MR) is 154 cm³/mol. The number of aryl methyl sites for hydroxylation is 3. The van der Waals surface area contributed by atoms with E-state index in [1.807, 2.05) is 25.1 Å². The third-order valence-electron chi connectivity index (χ3n) is 7.29. The molecular formula is C31H43Cl2F3NO2-. The average Bonchev–Trinajstić information content (AvgIpc) is 2.90. The molecule has 8 heteroatoms. The van der Waals surface area contributed by atoms with Crippen molar-refractivity contribution >= 4 is 23.2 Å². The lowest BCUT2D eigenvalue weighted by molar-refractivity contribution is -0.382. The molecule has 3 nitrogen and oxygen atoms in total. The molecule has 0 saturated heterocycles. The van der Waals surface area contributed by atoms with Crippen molar-refractivity contribution in [3.05, 3.63) is 63.1 Å². The first-order valence-corrected chi connectivity index (χ1v) is 14.9. The summed E-state index contributed by atoms with van der Waals surface area (Å²) in [5.74, 6) is 0.873. The molecule has 220 valence electrons. The smallest absolute Gasteiger partial charge is 0.389 e. The fourth-order valence-electron chi connectivity index (χ4n) is 4.55. The number of halogens is 5. The van der Waals surface area contributed by atoms with Crippen LogP contribution in [0.15, 0.2) is 36.4 Å². The van der Waals surface area contributed by atoms with Gasteiger partial charge in [0.05, 0.1) is 16.7 Å². The van der Waals surface area contributed by atoms with Crippen molar-refractivity contribution in [1.82, 2.24) is 0 Å². The second-order valence-corrected chi connectivity index (χ2v) is 11.4. The molecule has 0 aliphatic rings. The molecule has 2 aromatic carbocycles. The van der Waals surface area contributed by atoms with E-state index >= 15 is 0 Å². The summed E-state index contributed by atoms with van der Waals surface area (Å²) in [5.41, 5.74) is 8.96. The molecule has 0 aliphatic carbocycles. The molecular weight excluding hydrogens is 546 g/mol. The van der Waals surface area contributed by atoms with Gasteiger partial charge in [-0.25, -0.2) is 0 Å². The molecule has 2 N–H and O–H groups in total. The molecule has 0 spiro atoms. The number of nitrogens with two attached hydrogens (primary N) is 1. The summed E-state index contributed by atoms with van der Waals surface area (Å²) in [6.45, 7) is 2.24. The van der Waals surface area contributed by atoms with Crippen LogP contribution in [-0.2, 0) is 19.3 Å². The van der Waals surface area contributed by atoms with E-state index in [9.17, 15) is 18.3 Å². The van der Waals surface area contributed by atoms with Gasteiger partial charge in [0.1, 0.15) is 5.75 Å². The van der Waals surface area contributed by atoms with E-state index in [4.69, 9.17) is 33.7 Å². The van der Waals surface area contributed by atoms with E-state index in [2.05, 4.69) is 12.1 Å². The van der Waals surface area contributed by atoms with Crippen LogP contribution < -0.4 is 15.6 Å². The van der Waals surface area contributed by atoms with Crippen molar-refractivity contribution in [2.75, 3.05) is 13.2 Å². The van der Waals surface area contributed by atoms with E-state index in [1.165, 1.54) is 0 Å². The second kappa shape index (κ2) is 17.4. The largest absolute Gasteiger partial charge is 0.853 e. The lowest BCUT2D eigenvalue weighted by Crippen LogP contribution is -2.48. The summed E-state index contributed by atoms with van der Waals surface area (Å²) >= 11 is 12.1. The highest BCUT2D eigenvalue weighted by molar-refractivity contribution is 6.42. The molecule has 2 aromatic rings. The van der Waals surface area contributed by atoms with E-state index in [0.717, 1.165) is 80.2 Å². The van der Waals surface area contributed by atoms with Gasteiger partial charge in [0.2, 0.25) is 0 Å². The molecule has 39 heavy (non-hydrogen) atoms. The van der Waals surface area contributed by atoms with Crippen LogP contribution in [0.1, 0.15) is 94.2 Å². The molecule has 2 rings (SSSR count). The van der Waals surface area contributed by atoms with Gasteiger partial charge in [-0.1, -0.05) is 80.4 Å². The van der Waals surface area contributed by atoms with Gasteiger partial charge >= 0.3 is 6.18 Å². The first-order chi connectivity index (χ1) is 18.5. The lowest BCUT2D eigenvalue weighted by Gasteiger charge is -2.31. The quantitative estimate of drug-likeness (QED) is 0.167. The normalized spacial score (nSPS) is 13.4. The van der Waals surface area contributed by atoms with Gasteiger partial charge in [0, 0.05) is 12.0 Å². The maximum absolute atomic E-state index is 12.3. The summed E-state index contributed by atoms with van der Waals surface area (Å²) < 4.78 is 43.0. The minimum atomic E-state index is -4.05. The molecule has 0 radical (unpaired) electrons. The van der Waals surface area contributed by atoms with Crippen LogP contribution in [0.2, 0.25) is 10.0 Å². The number of unbranched alkanes of at least 4 members (excludes halogenated alkanes) is 6. The summed E-state index contributed by atoms with van der Waals surface area (Å²) in [4.78, 5) is 0. The Morgan fingerprint density at radius 1 is 0.769 bits per heavy atom. The second-order valence-electron chi connectivity index (χ2n) is 10.6. The number of ether oxygens (including phenoxy) is 1. The van der Waals surface area contributed by atoms with Crippen LogP contribution in [0.25, 0.3) is 0 Å². The van der Waals surface area contributed by atoms with E-state index in [-0.39, 0.29) is 13.0 Å².